The van der Waals surface area contributed by atoms with Crippen LogP contribution in [0.4, 0.5) is 0 Å². The lowest BCUT2D eigenvalue weighted by molar-refractivity contribution is -0.00829. The van der Waals surface area contributed by atoms with Crippen LogP contribution < -0.4 is 0 Å². The second-order valence-electron chi connectivity index (χ2n) is 2.26. The molecule has 0 aromatic rings. The van der Waals surface area contributed by atoms with Crippen LogP contribution in [0.1, 0.15) is 6.92 Å². The van der Waals surface area contributed by atoms with E-state index in [1.807, 2.05) is 6.92 Å². The molecule has 5 heteroatoms. The van der Waals surface area contributed by atoms with Crippen LogP contribution in [-0.4, -0.2) is 52.3 Å². The zero-order chi connectivity index (χ0) is 9.23. The van der Waals surface area contributed by atoms with Gasteiger partial charge in [0.2, 0.25) is 0 Å². The van der Waals surface area contributed by atoms with Gasteiger partial charge in [0.1, 0.15) is 0 Å². The molecule has 1 N–H and O–H groups in total. The second-order valence-corrected chi connectivity index (χ2v) is 2.26. The zero-order valence-electron chi connectivity index (χ0n) is 7.36. The molecule has 0 aliphatic rings. The summed E-state index contributed by atoms with van der Waals surface area (Å²) < 4.78 is 14.3. The highest BCUT2D eigenvalue weighted by Crippen LogP contribution is 1.86. The van der Waals surface area contributed by atoms with Crippen LogP contribution in [0.3, 0.4) is 0 Å². The van der Waals surface area contributed by atoms with Crippen molar-refractivity contribution < 1.29 is 19.2 Å². The number of ether oxygens (including phenoxy) is 2. The van der Waals surface area contributed by atoms with E-state index in [1.54, 1.807) is 0 Å². The maximum atomic E-state index is 9.03. The van der Waals surface area contributed by atoms with Crippen LogP contribution in [0.5, 0.6) is 0 Å². The highest BCUT2D eigenvalue weighted by Gasteiger charge is 2.01. The molecule has 4 nitrogen and oxygen atoms in total. The Labute approximate surface area is 74.3 Å². The molecule has 70 valence electrons. The fourth-order valence-corrected chi connectivity index (χ4v) is 0.641. The van der Waals surface area contributed by atoms with Crippen molar-refractivity contribution in [2.24, 2.45) is 0 Å². The van der Waals surface area contributed by atoms with E-state index in [0.29, 0.717) is 19.8 Å². The Hall–Kier alpha value is -0.0951. The van der Waals surface area contributed by atoms with Gasteiger partial charge in [0.25, 0.3) is 8.05 Å². The number of rotatable bonds is 8. The molecule has 12 heavy (non-hydrogen) atoms. The molecule has 0 amide bonds. The normalized spacial score (nSPS) is 13.2. The SMILES string of the molecule is [B]OCC(O)COCCOCC. The summed E-state index contributed by atoms with van der Waals surface area (Å²) in [5, 5.41) is 9.03. The number of aliphatic hydroxyl groups excluding tert-OH is 1. The van der Waals surface area contributed by atoms with Gasteiger partial charge in [-0.3, -0.25) is 0 Å². The van der Waals surface area contributed by atoms with Crippen LogP contribution in [0, 0.1) is 0 Å². The van der Waals surface area contributed by atoms with Gasteiger partial charge in [-0.05, 0) is 6.92 Å². The van der Waals surface area contributed by atoms with E-state index in [4.69, 9.17) is 22.6 Å². The molecule has 1 unspecified atom stereocenters. The average Bonchev–Trinajstić information content (AvgIpc) is 2.05. The summed E-state index contributed by atoms with van der Waals surface area (Å²) in [5.41, 5.74) is 0. The summed E-state index contributed by atoms with van der Waals surface area (Å²) in [7, 11) is 4.74. The van der Waals surface area contributed by atoms with Crippen molar-refractivity contribution in [3.8, 4) is 0 Å². The van der Waals surface area contributed by atoms with E-state index in [2.05, 4.69) is 4.65 Å². The van der Waals surface area contributed by atoms with E-state index >= 15 is 0 Å². The Bertz CT molecular complexity index is 91.5. The van der Waals surface area contributed by atoms with Gasteiger partial charge in [-0.1, -0.05) is 0 Å². The van der Waals surface area contributed by atoms with Crippen LogP contribution in [0.15, 0.2) is 0 Å². The largest absolute Gasteiger partial charge is 0.445 e. The third kappa shape index (κ3) is 8.01. The van der Waals surface area contributed by atoms with Gasteiger partial charge in [0, 0.05) is 6.61 Å². The topological polar surface area (TPSA) is 47.9 Å². The standard InChI is InChI=1S/C7H15BO4/c1-2-10-3-4-11-5-7(9)6-12-8/h7,9H,2-6H2,1H3. The fourth-order valence-electron chi connectivity index (χ4n) is 0.641. The summed E-state index contributed by atoms with van der Waals surface area (Å²) in [6, 6.07) is 0. The molecular formula is C7H15BO4. The Morgan fingerprint density at radius 2 is 1.92 bits per heavy atom. The van der Waals surface area contributed by atoms with E-state index in [1.165, 1.54) is 0 Å². The minimum absolute atomic E-state index is 0.0919. The lowest BCUT2D eigenvalue weighted by atomic mass is 10.4. The maximum absolute atomic E-state index is 9.03. The first-order chi connectivity index (χ1) is 5.81. The number of aliphatic hydroxyl groups is 1. The summed E-state index contributed by atoms with van der Waals surface area (Å²) in [5.74, 6) is 0. The van der Waals surface area contributed by atoms with Gasteiger partial charge < -0.3 is 19.2 Å². The second kappa shape index (κ2) is 9.00. The molecule has 0 fully saturated rings. The van der Waals surface area contributed by atoms with E-state index in [9.17, 15) is 0 Å². The Morgan fingerprint density at radius 1 is 1.25 bits per heavy atom. The predicted molar refractivity (Wildman–Crippen MR) is 45.0 cm³/mol. The Balaban J connectivity index is 2.97. The first-order valence-electron chi connectivity index (χ1n) is 3.96. The van der Waals surface area contributed by atoms with Crippen molar-refractivity contribution in [1.29, 1.82) is 0 Å². The minimum Gasteiger partial charge on any atom is -0.445 e. The molecule has 0 aliphatic carbocycles. The molecule has 0 saturated heterocycles. The van der Waals surface area contributed by atoms with E-state index < -0.39 is 6.10 Å². The van der Waals surface area contributed by atoms with Crippen LogP contribution in [-0.2, 0) is 14.1 Å². The summed E-state index contributed by atoms with van der Waals surface area (Å²) >= 11 is 0. The van der Waals surface area contributed by atoms with Crippen molar-refractivity contribution in [2.45, 2.75) is 13.0 Å². The number of hydrogen-bond acceptors (Lipinski definition) is 4. The molecule has 2 radical (unpaired) electrons. The van der Waals surface area contributed by atoms with Gasteiger partial charge >= 0.3 is 0 Å². The average molecular weight is 174 g/mol. The van der Waals surface area contributed by atoms with Gasteiger partial charge in [-0.25, -0.2) is 0 Å². The van der Waals surface area contributed by atoms with Gasteiger partial charge in [-0.15, -0.1) is 0 Å². The molecule has 0 bridgehead atoms. The summed E-state index contributed by atoms with van der Waals surface area (Å²) in [4.78, 5) is 0. The molecule has 0 aromatic carbocycles. The van der Waals surface area contributed by atoms with Crippen molar-refractivity contribution in [1.82, 2.24) is 0 Å². The van der Waals surface area contributed by atoms with Crippen LogP contribution in [0.2, 0.25) is 0 Å². The van der Waals surface area contributed by atoms with Crippen LogP contribution in [0.25, 0.3) is 0 Å². The van der Waals surface area contributed by atoms with Crippen molar-refractivity contribution in [3.05, 3.63) is 0 Å². The van der Waals surface area contributed by atoms with E-state index in [0.717, 1.165) is 0 Å². The lowest BCUT2D eigenvalue weighted by Crippen LogP contribution is -2.22. The van der Waals surface area contributed by atoms with Crippen molar-refractivity contribution in [2.75, 3.05) is 33.0 Å². The van der Waals surface area contributed by atoms with Crippen molar-refractivity contribution >= 4 is 8.05 Å². The molecule has 0 rings (SSSR count). The molecule has 0 spiro atoms. The van der Waals surface area contributed by atoms with Crippen molar-refractivity contribution in [3.63, 3.8) is 0 Å². The highest BCUT2D eigenvalue weighted by atomic mass is 16.5. The Morgan fingerprint density at radius 3 is 2.50 bits per heavy atom. The summed E-state index contributed by atoms with van der Waals surface area (Å²) in [6.07, 6.45) is -0.656. The van der Waals surface area contributed by atoms with Gasteiger partial charge in [-0.2, -0.15) is 0 Å². The maximum Gasteiger partial charge on any atom is 0.282 e. The minimum atomic E-state index is -0.656. The molecule has 0 heterocycles. The first kappa shape index (κ1) is 11.9. The molecular weight excluding hydrogens is 159 g/mol. The molecule has 1 atom stereocenters. The first-order valence-corrected chi connectivity index (χ1v) is 3.96. The predicted octanol–water partition coefficient (Wildman–Crippen LogP) is -0.500. The Kier molecular flexibility index (Phi) is 8.93. The number of hydrogen-bond donors (Lipinski definition) is 1. The zero-order valence-corrected chi connectivity index (χ0v) is 7.36. The molecule has 0 aromatic heterocycles. The molecule has 0 saturated carbocycles. The van der Waals surface area contributed by atoms with E-state index in [-0.39, 0.29) is 13.2 Å². The third-order valence-corrected chi connectivity index (χ3v) is 1.17. The monoisotopic (exact) mass is 174 g/mol. The fraction of sp³-hybridized carbons (Fsp3) is 1.00. The van der Waals surface area contributed by atoms with Gasteiger partial charge in [0.15, 0.2) is 0 Å². The van der Waals surface area contributed by atoms with Crippen LogP contribution >= 0.6 is 0 Å². The summed E-state index contributed by atoms with van der Waals surface area (Å²) in [6.45, 7) is 3.94. The molecule has 0 aliphatic heterocycles. The third-order valence-electron chi connectivity index (χ3n) is 1.17. The van der Waals surface area contributed by atoms with Gasteiger partial charge in [0.05, 0.1) is 32.5 Å². The lowest BCUT2D eigenvalue weighted by Gasteiger charge is -2.09. The highest BCUT2D eigenvalue weighted by molar-refractivity contribution is 5.97. The smallest absolute Gasteiger partial charge is 0.282 e. The quantitative estimate of drug-likeness (QED) is 0.398.